The normalized spacial score (nSPS) is 21.3. The van der Waals surface area contributed by atoms with Crippen molar-refractivity contribution in [1.29, 1.82) is 0 Å². The molecule has 3 nitrogen and oxygen atoms in total. The van der Waals surface area contributed by atoms with Gasteiger partial charge in [0, 0.05) is 18.0 Å². The molecule has 0 amide bonds. The van der Waals surface area contributed by atoms with Crippen LogP contribution in [0.3, 0.4) is 0 Å². The van der Waals surface area contributed by atoms with Crippen molar-refractivity contribution in [2.45, 2.75) is 38.1 Å². The van der Waals surface area contributed by atoms with Gasteiger partial charge >= 0.3 is 0 Å². The van der Waals surface area contributed by atoms with Gasteiger partial charge in [-0.05, 0) is 43.3 Å². The molecule has 0 aromatic heterocycles. The molecular weight excluding hydrogens is 317 g/mol. The zero-order valence-corrected chi connectivity index (χ0v) is 14.1. The number of nitrogens with zero attached hydrogens (tertiary/aromatic N) is 2. The van der Waals surface area contributed by atoms with E-state index in [1.54, 1.807) is 17.8 Å². The second-order valence-corrected chi connectivity index (χ2v) is 7.09. The van der Waals surface area contributed by atoms with Crippen LogP contribution in [0.5, 0.6) is 0 Å². The maximum atomic E-state index is 13.3. The van der Waals surface area contributed by atoms with Crippen molar-refractivity contribution in [3.05, 3.63) is 30.1 Å². The third kappa shape index (κ3) is 3.98. The van der Waals surface area contributed by atoms with Crippen LogP contribution in [-0.2, 0) is 0 Å². The third-order valence-electron chi connectivity index (χ3n) is 3.97. The topological polar surface area (TPSA) is 27.6 Å². The smallest absolute Gasteiger partial charge is 0.179 e. The van der Waals surface area contributed by atoms with E-state index in [4.69, 9.17) is 17.2 Å². The summed E-state index contributed by atoms with van der Waals surface area (Å²) < 4.78 is 13.3. The summed E-state index contributed by atoms with van der Waals surface area (Å²) in [4.78, 5) is 6.94. The van der Waals surface area contributed by atoms with Crippen LogP contribution in [0, 0.1) is 5.82 Å². The Morgan fingerprint density at radius 3 is 2.91 bits per heavy atom. The van der Waals surface area contributed by atoms with Gasteiger partial charge in [-0.3, -0.25) is 9.89 Å². The van der Waals surface area contributed by atoms with Gasteiger partial charge in [0.1, 0.15) is 5.82 Å². The first kappa shape index (κ1) is 15.7. The van der Waals surface area contributed by atoms with Gasteiger partial charge in [0.15, 0.2) is 10.3 Å². The van der Waals surface area contributed by atoms with Crippen LogP contribution in [0.15, 0.2) is 29.3 Å². The minimum absolute atomic E-state index is 0.264. The Labute approximate surface area is 140 Å². The molecule has 1 aliphatic carbocycles. The fraction of sp³-hybridized carbons (Fsp3) is 0.500. The van der Waals surface area contributed by atoms with Gasteiger partial charge < -0.3 is 5.32 Å². The summed E-state index contributed by atoms with van der Waals surface area (Å²) >= 11 is 7.24. The van der Waals surface area contributed by atoms with Gasteiger partial charge in [-0.15, -0.1) is 0 Å². The second-order valence-electron chi connectivity index (χ2n) is 5.64. The predicted octanol–water partition coefficient (Wildman–Crippen LogP) is 4.26. The highest BCUT2D eigenvalue weighted by molar-refractivity contribution is 8.14. The Kier molecular flexibility index (Phi) is 5.31. The monoisotopic (exact) mass is 337 g/mol. The lowest BCUT2D eigenvalue weighted by molar-refractivity contribution is 0.441. The highest BCUT2D eigenvalue weighted by atomic mass is 32.2. The van der Waals surface area contributed by atoms with E-state index >= 15 is 0 Å². The Balaban J connectivity index is 1.66. The van der Waals surface area contributed by atoms with Crippen LogP contribution >= 0.6 is 24.0 Å². The minimum Gasteiger partial charge on any atom is -0.332 e. The van der Waals surface area contributed by atoms with Crippen LogP contribution in [0.25, 0.3) is 0 Å². The van der Waals surface area contributed by atoms with E-state index in [0.29, 0.717) is 16.8 Å². The largest absolute Gasteiger partial charge is 0.332 e. The molecular formula is C16H20FN3S2. The molecule has 118 valence electrons. The number of anilines is 1. The average Bonchev–Trinajstić information content (AvgIpc) is 2.96. The van der Waals surface area contributed by atoms with Crippen molar-refractivity contribution in [3.63, 3.8) is 0 Å². The maximum Gasteiger partial charge on any atom is 0.179 e. The molecule has 0 atom stereocenters. The van der Waals surface area contributed by atoms with E-state index in [1.165, 1.54) is 44.2 Å². The first-order chi connectivity index (χ1) is 10.7. The summed E-state index contributed by atoms with van der Waals surface area (Å²) in [7, 11) is 0. The summed E-state index contributed by atoms with van der Waals surface area (Å²) in [5.74, 6) is 0.732. The van der Waals surface area contributed by atoms with Crippen molar-refractivity contribution >= 4 is 39.9 Å². The highest BCUT2D eigenvalue weighted by Gasteiger charge is 2.25. The number of rotatable bonds is 2. The molecule has 1 aromatic carbocycles. The molecule has 2 aliphatic rings. The number of thioether (sulfide) groups is 1. The minimum atomic E-state index is -0.264. The lowest BCUT2D eigenvalue weighted by Crippen LogP contribution is -2.36. The SMILES string of the molecule is Fc1cccc(NC(=S)N2CCSC2=NC2CCCCC2)c1. The van der Waals surface area contributed by atoms with Crippen molar-refractivity contribution < 1.29 is 4.39 Å². The number of halogens is 1. The molecule has 1 N–H and O–H groups in total. The van der Waals surface area contributed by atoms with E-state index in [9.17, 15) is 4.39 Å². The number of hydrogen-bond donors (Lipinski definition) is 1. The Bertz CT molecular complexity index is 570. The van der Waals surface area contributed by atoms with Crippen molar-refractivity contribution in [2.75, 3.05) is 17.6 Å². The quantitative estimate of drug-likeness (QED) is 0.816. The molecule has 0 radical (unpaired) electrons. The fourth-order valence-electron chi connectivity index (χ4n) is 2.82. The zero-order valence-electron chi connectivity index (χ0n) is 12.4. The molecule has 1 aliphatic heterocycles. The number of hydrogen-bond acceptors (Lipinski definition) is 3. The lowest BCUT2D eigenvalue weighted by Gasteiger charge is -2.23. The van der Waals surface area contributed by atoms with Crippen molar-refractivity contribution in [2.24, 2.45) is 4.99 Å². The van der Waals surface area contributed by atoms with Crippen LogP contribution < -0.4 is 5.32 Å². The van der Waals surface area contributed by atoms with E-state index in [1.807, 2.05) is 11.0 Å². The molecule has 6 heteroatoms. The molecule has 0 spiro atoms. The van der Waals surface area contributed by atoms with Gasteiger partial charge in [-0.1, -0.05) is 37.1 Å². The number of benzene rings is 1. The molecule has 0 unspecified atom stereocenters. The van der Waals surface area contributed by atoms with Gasteiger partial charge in [0.05, 0.1) is 6.04 Å². The summed E-state index contributed by atoms with van der Waals surface area (Å²) in [5.41, 5.74) is 0.680. The predicted molar refractivity (Wildman–Crippen MR) is 96.1 cm³/mol. The first-order valence-electron chi connectivity index (χ1n) is 7.77. The molecule has 2 fully saturated rings. The van der Waals surface area contributed by atoms with Gasteiger partial charge in [-0.25, -0.2) is 4.39 Å². The van der Waals surface area contributed by atoms with E-state index in [2.05, 4.69) is 5.32 Å². The van der Waals surface area contributed by atoms with E-state index < -0.39 is 0 Å². The first-order valence-corrected chi connectivity index (χ1v) is 9.16. The van der Waals surface area contributed by atoms with Crippen LogP contribution in [0.2, 0.25) is 0 Å². The number of thiocarbonyl (C=S) groups is 1. The zero-order chi connectivity index (χ0) is 15.4. The molecule has 1 saturated carbocycles. The summed E-state index contributed by atoms with van der Waals surface area (Å²) in [6, 6.07) is 6.81. The lowest BCUT2D eigenvalue weighted by atomic mass is 9.96. The van der Waals surface area contributed by atoms with Gasteiger partial charge in [-0.2, -0.15) is 0 Å². The molecule has 1 heterocycles. The van der Waals surface area contributed by atoms with Crippen LogP contribution in [0.1, 0.15) is 32.1 Å². The Morgan fingerprint density at radius 2 is 2.14 bits per heavy atom. The van der Waals surface area contributed by atoms with Gasteiger partial charge in [0.25, 0.3) is 0 Å². The maximum absolute atomic E-state index is 13.3. The molecule has 3 rings (SSSR count). The highest BCUT2D eigenvalue weighted by Crippen LogP contribution is 2.25. The summed E-state index contributed by atoms with van der Waals surface area (Å²) in [5, 5.41) is 4.73. The van der Waals surface area contributed by atoms with Crippen molar-refractivity contribution in [1.82, 2.24) is 4.90 Å². The van der Waals surface area contributed by atoms with Gasteiger partial charge in [0.2, 0.25) is 0 Å². The standard InChI is InChI=1S/C16H20FN3S2/c17-12-5-4-8-14(11-12)18-15(21)20-9-10-22-16(20)19-13-6-2-1-3-7-13/h4-5,8,11,13H,1-3,6-7,9-10H2,(H,18,21). The van der Waals surface area contributed by atoms with Crippen LogP contribution in [0.4, 0.5) is 10.1 Å². The average molecular weight is 337 g/mol. The van der Waals surface area contributed by atoms with E-state index in [0.717, 1.165) is 17.5 Å². The van der Waals surface area contributed by atoms with Crippen LogP contribution in [-0.4, -0.2) is 33.5 Å². The molecule has 1 aromatic rings. The van der Waals surface area contributed by atoms with Crippen molar-refractivity contribution in [3.8, 4) is 0 Å². The molecule has 22 heavy (non-hydrogen) atoms. The Morgan fingerprint density at radius 1 is 1.32 bits per heavy atom. The number of amidine groups is 1. The number of nitrogens with one attached hydrogen (secondary N) is 1. The molecule has 0 bridgehead atoms. The summed E-state index contributed by atoms with van der Waals surface area (Å²) in [6.07, 6.45) is 6.25. The second kappa shape index (κ2) is 7.42. The fourth-order valence-corrected chi connectivity index (χ4v) is 4.19. The Hall–Kier alpha value is -1.14. The number of aliphatic imine (C=N–C) groups is 1. The van der Waals surface area contributed by atoms with E-state index in [-0.39, 0.29) is 5.82 Å². The third-order valence-corrected chi connectivity index (χ3v) is 5.26. The summed E-state index contributed by atoms with van der Waals surface area (Å²) in [6.45, 7) is 0.859. The molecule has 1 saturated heterocycles.